The molecule has 1 aromatic rings. The molecule has 3 N–H and O–H groups in total. The fraction of sp³-hybridized carbons (Fsp3) is 0.467. The van der Waals surface area contributed by atoms with Crippen molar-refractivity contribution < 1.29 is 4.79 Å². The molecule has 3 nitrogen and oxygen atoms in total. The molecule has 1 amide bonds. The molecule has 1 unspecified atom stereocenters. The van der Waals surface area contributed by atoms with E-state index in [1.54, 1.807) is 0 Å². The maximum atomic E-state index is 11.9. The van der Waals surface area contributed by atoms with E-state index in [-0.39, 0.29) is 17.9 Å². The lowest BCUT2D eigenvalue weighted by molar-refractivity contribution is -0.121. The average molecular weight is 278 g/mol. The van der Waals surface area contributed by atoms with Gasteiger partial charge in [0.15, 0.2) is 0 Å². The third-order valence-corrected chi connectivity index (χ3v) is 3.30. The molecule has 0 radical (unpaired) electrons. The molecule has 0 aliphatic rings. The Morgan fingerprint density at radius 1 is 1.32 bits per heavy atom. The van der Waals surface area contributed by atoms with Crippen molar-refractivity contribution in [3.8, 4) is 0 Å². The Labute approximate surface area is 120 Å². The molecule has 0 aliphatic carbocycles. The number of hydrogen-bond acceptors (Lipinski definition) is 2. The monoisotopic (exact) mass is 278 g/mol. The molecule has 0 heterocycles. The quantitative estimate of drug-likeness (QED) is 0.785. The normalized spacial score (nSPS) is 12.2. The van der Waals surface area contributed by atoms with Gasteiger partial charge in [-0.15, -0.1) is 0 Å². The van der Waals surface area contributed by atoms with Gasteiger partial charge in [-0.3, -0.25) is 4.79 Å². The molecule has 1 atom stereocenters. The Balaban J connectivity index is 2.47. The lowest BCUT2D eigenvalue weighted by atomic mass is 10.0. The number of thiocarbonyl (C=S) groups is 1. The van der Waals surface area contributed by atoms with Gasteiger partial charge in [0.2, 0.25) is 5.91 Å². The predicted molar refractivity (Wildman–Crippen MR) is 83.1 cm³/mol. The zero-order chi connectivity index (χ0) is 14.4. The molecule has 19 heavy (non-hydrogen) atoms. The SMILES string of the molecule is Cc1ccc(CCC(=O)NC(C(N)=S)C(C)C)cc1. The summed E-state index contributed by atoms with van der Waals surface area (Å²) in [5.41, 5.74) is 8.01. The number of rotatable bonds is 6. The van der Waals surface area contributed by atoms with Crippen LogP contribution in [0.25, 0.3) is 0 Å². The zero-order valence-corrected chi connectivity index (χ0v) is 12.6. The molecule has 0 fully saturated rings. The second kappa shape index (κ2) is 7.24. The van der Waals surface area contributed by atoms with Crippen LogP contribution in [-0.4, -0.2) is 16.9 Å². The standard InChI is InChI=1S/C15H22N2OS/c1-10(2)14(15(16)19)17-13(18)9-8-12-6-4-11(3)5-7-12/h4-7,10,14H,8-9H2,1-3H3,(H2,16,19)(H,17,18). The Hall–Kier alpha value is -1.42. The van der Waals surface area contributed by atoms with Crippen LogP contribution in [0, 0.1) is 12.8 Å². The van der Waals surface area contributed by atoms with Gasteiger partial charge in [-0.25, -0.2) is 0 Å². The van der Waals surface area contributed by atoms with Gasteiger partial charge >= 0.3 is 0 Å². The highest BCUT2D eigenvalue weighted by molar-refractivity contribution is 7.80. The molecule has 0 spiro atoms. The van der Waals surface area contributed by atoms with Gasteiger partial charge in [0.25, 0.3) is 0 Å². The van der Waals surface area contributed by atoms with Gasteiger partial charge in [0.05, 0.1) is 11.0 Å². The van der Waals surface area contributed by atoms with E-state index in [1.807, 2.05) is 20.8 Å². The number of carbonyl (C=O) groups is 1. The molecule has 1 rings (SSSR count). The van der Waals surface area contributed by atoms with Gasteiger partial charge in [-0.05, 0) is 24.8 Å². The second-order valence-corrected chi connectivity index (χ2v) is 5.65. The van der Waals surface area contributed by atoms with E-state index in [9.17, 15) is 4.79 Å². The van der Waals surface area contributed by atoms with Gasteiger partial charge in [-0.2, -0.15) is 0 Å². The predicted octanol–water partition coefficient (Wildman–Crippen LogP) is 2.35. The number of amides is 1. The van der Waals surface area contributed by atoms with Gasteiger partial charge in [-0.1, -0.05) is 55.9 Å². The molecule has 1 aromatic carbocycles. The molecule has 0 aliphatic heterocycles. The smallest absolute Gasteiger partial charge is 0.220 e. The average Bonchev–Trinajstić information content (AvgIpc) is 2.34. The van der Waals surface area contributed by atoms with Crippen molar-refractivity contribution >= 4 is 23.1 Å². The van der Waals surface area contributed by atoms with E-state index in [2.05, 4.69) is 29.6 Å². The third kappa shape index (κ3) is 5.39. The Morgan fingerprint density at radius 3 is 2.37 bits per heavy atom. The topological polar surface area (TPSA) is 55.1 Å². The van der Waals surface area contributed by atoms with E-state index < -0.39 is 0 Å². The van der Waals surface area contributed by atoms with Crippen LogP contribution in [0.4, 0.5) is 0 Å². The Kier molecular flexibility index (Phi) is 5.96. The van der Waals surface area contributed by atoms with Gasteiger partial charge in [0, 0.05) is 6.42 Å². The number of benzene rings is 1. The summed E-state index contributed by atoms with van der Waals surface area (Å²) in [4.78, 5) is 12.2. The molecule has 0 saturated heterocycles. The molecule has 0 bridgehead atoms. The largest absolute Gasteiger partial charge is 0.392 e. The second-order valence-electron chi connectivity index (χ2n) is 5.18. The number of nitrogens with two attached hydrogens (primary N) is 1. The van der Waals surface area contributed by atoms with Crippen molar-refractivity contribution in [2.45, 2.75) is 39.7 Å². The number of aryl methyl sites for hydroxylation is 2. The van der Waals surface area contributed by atoms with Crippen molar-refractivity contribution in [1.29, 1.82) is 0 Å². The first-order valence-electron chi connectivity index (χ1n) is 6.54. The van der Waals surface area contributed by atoms with Crippen molar-refractivity contribution in [3.63, 3.8) is 0 Å². The van der Waals surface area contributed by atoms with Gasteiger partial charge in [0.1, 0.15) is 0 Å². The molecule has 0 aromatic heterocycles. The number of nitrogens with one attached hydrogen (secondary N) is 1. The summed E-state index contributed by atoms with van der Waals surface area (Å²) in [7, 11) is 0. The van der Waals surface area contributed by atoms with Crippen molar-refractivity contribution in [3.05, 3.63) is 35.4 Å². The lowest BCUT2D eigenvalue weighted by Gasteiger charge is -2.21. The molecular weight excluding hydrogens is 256 g/mol. The first kappa shape index (κ1) is 15.6. The van der Waals surface area contributed by atoms with E-state index in [0.717, 1.165) is 12.0 Å². The highest BCUT2D eigenvalue weighted by atomic mass is 32.1. The summed E-state index contributed by atoms with van der Waals surface area (Å²) in [5, 5.41) is 2.89. The lowest BCUT2D eigenvalue weighted by Crippen LogP contribution is -2.46. The molecule has 0 saturated carbocycles. The maximum Gasteiger partial charge on any atom is 0.220 e. The van der Waals surface area contributed by atoms with E-state index >= 15 is 0 Å². The van der Waals surface area contributed by atoms with Crippen LogP contribution in [0.2, 0.25) is 0 Å². The highest BCUT2D eigenvalue weighted by Gasteiger charge is 2.18. The van der Waals surface area contributed by atoms with Crippen LogP contribution in [-0.2, 0) is 11.2 Å². The van der Waals surface area contributed by atoms with Crippen LogP contribution in [0.1, 0.15) is 31.4 Å². The van der Waals surface area contributed by atoms with Gasteiger partial charge < -0.3 is 11.1 Å². The van der Waals surface area contributed by atoms with Crippen LogP contribution < -0.4 is 11.1 Å². The zero-order valence-electron chi connectivity index (χ0n) is 11.8. The molecule has 4 heteroatoms. The van der Waals surface area contributed by atoms with Crippen molar-refractivity contribution in [1.82, 2.24) is 5.32 Å². The first-order valence-corrected chi connectivity index (χ1v) is 6.95. The minimum Gasteiger partial charge on any atom is -0.392 e. The summed E-state index contributed by atoms with van der Waals surface area (Å²) >= 11 is 4.97. The number of carbonyl (C=O) groups excluding carboxylic acids is 1. The minimum atomic E-state index is -0.222. The summed E-state index contributed by atoms with van der Waals surface area (Å²) in [6.45, 7) is 6.03. The summed E-state index contributed by atoms with van der Waals surface area (Å²) in [6, 6.07) is 7.99. The van der Waals surface area contributed by atoms with E-state index in [4.69, 9.17) is 18.0 Å². The maximum absolute atomic E-state index is 11.9. The van der Waals surface area contributed by atoms with Crippen LogP contribution >= 0.6 is 12.2 Å². The van der Waals surface area contributed by atoms with Crippen molar-refractivity contribution in [2.75, 3.05) is 0 Å². The summed E-state index contributed by atoms with van der Waals surface area (Å²) < 4.78 is 0. The Morgan fingerprint density at radius 2 is 1.89 bits per heavy atom. The highest BCUT2D eigenvalue weighted by Crippen LogP contribution is 2.07. The van der Waals surface area contributed by atoms with Crippen molar-refractivity contribution in [2.24, 2.45) is 11.7 Å². The van der Waals surface area contributed by atoms with Crippen LogP contribution in [0.15, 0.2) is 24.3 Å². The summed E-state index contributed by atoms with van der Waals surface area (Å²) in [6.07, 6.45) is 1.18. The number of hydrogen-bond donors (Lipinski definition) is 2. The Bertz CT molecular complexity index is 440. The van der Waals surface area contributed by atoms with E-state index in [0.29, 0.717) is 11.4 Å². The summed E-state index contributed by atoms with van der Waals surface area (Å²) in [5.74, 6) is 0.202. The van der Waals surface area contributed by atoms with E-state index in [1.165, 1.54) is 5.56 Å². The molecular formula is C15H22N2OS. The minimum absolute atomic E-state index is 0.00734. The third-order valence-electron chi connectivity index (χ3n) is 3.05. The first-order chi connectivity index (χ1) is 8.90. The molecule has 104 valence electrons. The fourth-order valence-electron chi connectivity index (χ4n) is 1.82. The van der Waals surface area contributed by atoms with Crippen LogP contribution in [0.5, 0.6) is 0 Å². The fourth-order valence-corrected chi connectivity index (χ4v) is 2.16. The van der Waals surface area contributed by atoms with Crippen LogP contribution in [0.3, 0.4) is 0 Å².